The number of nitrogens with zero attached hydrogens (tertiary/aromatic N) is 10. The van der Waals surface area contributed by atoms with Gasteiger partial charge in [0.15, 0.2) is 55.3 Å². The summed E-state index contributed by atoms with van der Waals surface area (Å²) in [7, 11) is -3.30. The molecule has 8 rings (SSSR count). The Labute approximate surface area is 469 Å². The number of sulfone groups is 1. The van der Waals surface area contributed by atoms with Gasteiger partial charge in [0.2, 0.25) is 14.2 Å². The van der Waals surface area contributed by atoms with E-state index in [1.165, 1.54) is 99.6 Å². The van der Waals surface area contributed by atoms with Gasteiger partial charge < -0.3 is 29.7 Å². The predicted molar refractivity (Wildman–Crippen MR) is 300 cm³/mol. The van der Waals surface area contributed by atoms with Crippen molar-refractivity contribution in [3.05, 3.63) is 55.1 Å². The molecule has 0 aliphatic rings. The number of rotatable bonds is 13. The molecule has 22 nitrogen and oxygen atoms in total. The molecule has 3 N–H and O–H groups in total. The van der Waals surface area contributed by atoms with Crippen LogP contribution in [0.2, 0.25) is 10.3 Å². The maximum atomic E-state index is 11.5. The van der Waals surface area contributed by atoms with Crippen molar-refractivity contribution in [2.75, 3.05) is 62.6 Å². The van der Waals surface area contributed by atoms with Crippen molar-refractivity contribution in [2.45, 2.75) is 48.9 Å². The van der Waals surface area contributed by atoms with Crippen LogP contribution < -0.4 is 11.3 Å². The average molecular weight is 1250 g/mol. The molecule has 394 valence electrons. The van der Waals surface area contributed by atoms with Crippen LogP contribution in [0.5, 0.6) is 0 Å². The van der Waals surface area contributed by atoms with Crippen LogP contribution in [0.4, 0.5) is 5.82 Å². The van der Waals surface area contributed by atoms with Crippen LogP contribution in [0.3, 0.4) is 0 Å². The van der Waals surface area contributed by atoms with Crippen LogP contribution in [0, 0.1) is 0 Å². The van der Waals surface area contributed by atoms with Crippen LogP contribution in [-0.2, 0) is 40.1 Å². The van der Waals surface area contributed by atoms with Gasteiger partial charge in [0, 0.05) is 12.7 Å². The van der Waals surface area contributed by atoms with Crippen molar-refractivity contribution in [1.82, 2.24) is 54.8 Å². The fraction of sp³-hybridized carbons (Fsp3) is 0.342. The van der Waals surface area contributed by atoms with Gasteiger partial charge in [-0.1, -0.05) is 92.9 Å². The lowest BCUT2D eigenvalue weighted by molar-refractivity contribution is -0.139. The van der Waals surface area contributed by atoms with E-state index in [4.69, 9.17) is 38.4 Å². The maximum absolute atomic E-state index is 11.5. The number of aromatic nitrogens is 11. The number of aldehydes is 1. The zero-order valence-electron chi connectivity index (χ0n) is 39.3. The van der Waals surface area contributed by atoms with Gasteiger partial charge in [-0.3, -0.25) is 9.59 Å². The second-order valence-corrected chi connectivity index (χ2v) is 24.7. The first-order valence-corrected chi connectivity index (χ1v) is 32.1. The number of hydrogen-bond acceptors (Lipinski definition) is 31. The van der Waals surface area contributed by atoms with E-state index < -0.39 is 21.8 Å². The lowest BCUT2D eigenvalue weighted by Crippen LogP contribution is -2.05. The number of halogens is 2. The molecule has 0 spiro atoms. The number of thiol groups is 1. The number of nitrogens with one attached hydrogen (secondary N) is 1. The number of ether oxygens (including phenoxy) is 3. The minimum atomic E-state index is -3.30. The second kappa shape index (κ2) is 32.5. The summed E-state index contributed by atoms with van der Waals surface area (Å²) in [5.41, 5.74) is 7.47. The van der Waals surface area contributed by atoms with Gasteiger partial charge in [0.05, 0.1) is 37.6 Å². The summed E-state index contributed by atoms with van der Waals surface area (Å²) in [6.07, 6.45) is 13.7. The molecule has 0 atom stereocenters. The topological polar surface area (TPSA) is 318 Å². The molecule has 73 heavy (non-hydrogen) atoms. The molecule has 8 aromatic rings. The molecule has 8 aromatic heterocycles. The second-order valence-electron chi connectivity index (χ2n) is 12.3. The first kappa shape index (κ1) is 63.4. The molecule has 0 aliphatic heterocycles. The fourth-order valence-corrected chi connectivity index (χ4v) is 12.4. The first-order valence-electron chi connectivity index (χ1n) is 19.9. The number of aromatic amines is 1. The molecule has 8 heterocycles. The predicted octanol–water partition coefficient (Wildman–Crippen LogP) is 8.59. The molecule has 35 heteroatoms. The van der Waals surface area contributed by atoms with Gasteiger partial charge in [0.25, 0.3) is 5.56 Å². The molecular formula is C38H42Cl2N12O10S11. The van der Waals surface area contributed by atoms with Crippen LogP contribution in [-0.4, -0.2) is 144 Å². The molecule has 0 aliphatic carbocycles. The lowest BCUT2D eigenvalue weighted by atomic mass is 10.3. The van der Waals surface area contributed by atoms with Gasteiger partial charge >= 0.3 is 17.9 Å². The zero-order chi connectivity index (χ0) is 54.3. The number of thiazole rings is 5. The Morgan fingerprint density at radius 2 is 1.15 bits per heavy atom. The quantitative estimate of drug-likeness (QED) is 0.0243. The molecule has 0 aromatic carbocycles. The van der Waals surface area contributed by atoms with E-state index in [0.29, 0.717) is 66.8 Å². The maximum Gasteiger partial charge on any atom is 0.352 e. The molecule has 0 bridgehead atoms. The molecule has 0 fully saturated rings. The summed E-state index contributed by atoms with van der Waals surface area (Å²) in [6, 6.07) is 0. The smallest absolute Gasteiger partial charge is 0.352 e. The Balaban J connectivity index is 0.000000234. The van der Waals surface area contributed by atoms with Crippen molar-refractivity contribution < 1.29 is 41.8 Å². The molecule has 0 amide bonds. The van der Waals surface area contributed by atoms with Crippen LogP contribution in [0.1, 0.15) is 45.8 Å². The highest BCUT2D eigenvalue weighted by atomic mass is 35.5. The highest BCUT2D eigenvalue weighted by molar-refractivity contribution is 8.01. The molecule has 0 saturated heterocycles. The van der Waals surface area contributed by atoms with Crippen LogP contribution >= 0.6 is 140 Å². The highest BCUT2D eigenvalue weighted by Crippen LogP contribution is 2.32. The number of esters is 3. The summed E-state index contributed by atoms with van der Waals surface area (Å²) >= 11 is 27.7. The van der Waals surface area contributed by atoms with Crippen molar-refractivity contribution in [3.63, 3.8) is 0 Å². The third kappa shape index (κ3) is 20.0. The van der Waals surface area contributed by atoms with Crippen LogP contribution in [0.15, 0.2) is 45.5 Å². The summed E-state index contributed by atoms with van der Waals surface area (Å²) in [4.78, 5) is 97.5. The minimum absolute atomic E-state index is 0.00917. The Morgan fingerprint density at radius 3 is 1.59 bits per heavy atom. The van der Waals surface area contributed by atoms with E-state index in [9.17, 15) is 32.4 Å². The first-order chi connectivity index (χ1) is 34.8. The van der Waals surface area contributed by atoms with Gasteiger partial charge in [-0.05, 0) is 45.8 Å². The van der Waals surface area contributed by atoms with E-state index in [0.717, 1.165) is 45.9 Å². The van der Waals surface area contributed by atoms with Gasteiger partial charge in [-0.25, -0.2) is 67.8 Å². The van der Waals surface area contributed by atoms with E-state index >= 15 is 0 Å². The molecule has 0 saturated carbocycles. The van der Waals surface area contributed by atoms with Gasteiger partial charge in [0.1, 0.15) is 37.9 Å². The Bertz CT molecular complexity index is 3260. The number of hydrogen-bond donors (Lipinski definition) is 3. The number of thioether (sulfide) groups is 4. The van der Waals surface area contributed by atoms with Crippen molar-refractivity contribution in [2.24, 2.45) is 0 Å². The minimum Gasteiger partial charge on any atom is -0.465 e. The summed E-state index contributed by atoms with van der Waals surface area (Å²) in [5.74, 6) is -0.614. The summed E-state index contributed by atoms with van der Waals surface area (Å²) in [5, 5.41) is 0.709. The number of carbonyl (C=O) groups excluding carboxylic acids is 4. The van der Waals surface area contributed by atoms with Gasteiger partial charge in [-0.2, -0.15) is 12.6 Å². The number of H-pyrrole nitrogens is 1. The fourth-order valence-electron chi connectivity index (χ4n) is 4.43. The largest absolute Gasteiger partial charge is 0.465 e. The molecular weight excluding hydrogens is 1210 g/mol. The van der Waals surface area contributed by atoms with E-state index in [-0.39, 0.29) is 39.0 Å². The van der Waals surface area contributed by atoms with Crippen molar-refractivity contribution >= 4 is 210 Å². The Kier molecular flexibility index (Phi) is 28.3. The van der Waals surface area contributed by atoms with Crippen molar-refractivity contribution in [3.8, 4) is 0 Å². The highest BCUT2D eigenvalue weighted by Gasteiger charge is 2.20. The SMILES string of the molecule is CCOC(=O)CS.CCOC(=O)c1sc(SC)nc1CC=O.CCOC(=O)c1sc(SC)nc1N.CS(=O)(=O)c1nc2ncnc(Cl)c2s1.CSc1nc2nc[nH]c(=O)c2s1.CSc1nc2ncnc(Cl)c2s1. The summed E-state index contributed by atoms with van der Waals surface area (Å²) in [6.45, 7) is 6.38. The summed E-state index contributed by atoms with van der Waals surface area (Å²) < 4.78 is 41.9. The molecule has 0 unspecified atom stereocenters. The monoisotopic (exact) mass is 1250 g/mol. The lowest BCUT2D eigenvalue weighted by Gasteiger charge is -1.98. The number of anilines is 1. The van der Waals surface area contributed by atoms with E-state index in [2.05, 4.69) is 72.2 Å². The van der Waals surface area contributed by atoms with Gasteiger partial charge in [-0.15, -0.1) is 34.0 Å². The van der Waals surface area contributed by atoms with E-state index in [1.807, 2.05) is 25.0 Å². The van der Waals surface area contributed by atoms with E-state index in [1.54, 1.807) is 32.5 Å². The number of nitrogen functional groups attached to an aromatic ring is 1. The number of fused-ring (bicyclic) bond motifs is 3. The number of nitrogens with two attached hydrogens (primary N) is 1. The average Bonchev–Trinajstić information content (AvgIpc) is 4.23. The normalized spacial score (nSPS) is 10.5. The van der Waals surface area contributed by atoms with Crippen LogP contribution in [0.25, 0.3) is 31.0 Å². The standard InChI is InChI=1S/C9H11NO3S2.C7H10N2O2S2.C6H4ClN3O2S2.C6H4ClN3S2.C6H5N3OS2.C4H8O2S/c1-3-13-8(12)7-6(4-5-11)10-9(14-2)15-7;1-3-11-6(10)4-5(8)9-7(12-2)13-4;1-14(11,12)6-10-5-3(13-6)4(7)8-2-9-5;1-11-6-10-5-3(12-6)4(7)8-2-9-5;1-11-6-9-4-3(12-6)5(10)8-2-7-4;1-2-6-4(5)3-7/h5H,3-4H2,1-2H3;3,8H2,1-2H3;2H,1H3;2H,1H3;2H,1H3,(H,7,8,10);7H,2-3H2,1H3. The third-order valence-corrected chi connectivity index (χ3v) is 19.3. The third-order valence-electron chi connectivity index (χ3n) is 7.39. The Hall–Kier alpha value is -3.87. The number of carbonyl (C=O) groups is 4. The molecule has 0 radical (unpaired) electrons. The zero-order valence-corrected chi connectivity index (χ0v) is 49.8. The van der Waals surface area contributed by atoms with Crippen molar-refractivity contribution in [1.29, 1.82) is 0 Å². The Morgan fingerprint density at radius 1 is 0.685 bits per heavy atom.